The molecule has 4 heteroatoms. The summed E-state index contributed by atoms with van der Waals surface area (Å²) in [7, 11) is 0. The lowest BCUT2D eigenvalue weighted by Gasteiger charge is -2.02. The summed E-state index contributed by atoms with van der Waals surface area (Å²) in [6, 6.07) is 1.87. The topological polar surface area (TPSA) is 44.1 Å². The molecule has 0 radical (unpaired) electrons. The van der Waals surface area contributed by atoms with E-state index in [4.69, 9.17) is 4.74 Å². The maximum atomic E-state index is 11.7. The Balaban J connectivity index is 2.14. The van der Waals surface area contributed by atoms with Gasteiger partial charge in [0.2, 0.25) is 0 Å². The molecule has 16 heavy (non-hydrogen) atoms. The lowest BCUT2D eigenvalue weighted by atomic mass is 10.2. The maximum Gasteiger partial charge on any atom is 0.356 e. The van der Waals surface area contributed by atoms with Crippen molar-refractivity contribution in [2.45, 2.75) is 39.7 Å². The van der Waals surface area contributed by atoms with Crippen LogP contribution in [-0.4, -0.2) is 22.4 Å². The molecule has 0 spiro atoms. The molecule has 0 aromatic carbocycles. The van der Waals surface area contributed by atoms with Gasteiger partial charge in [0, 0.05) is 6.54 Å². The van der Waals surface area contributed by atoms with E-state index in [1.54, 1.807) is 4.68 Å². The third-order valence-corrected chi connectivity index (χ3v) is 2.81. The van der Waals surface area contributed by atoms with Crippen molar-refractivity contribution in [1.29, 1.82) is 0 Å². The van der Waals surface area contributed by atoms with Gasteiger partial charge in [-0.25, -0.2) is 4.79 Å². The van der Waals surface area contributed by atoms with Crippen molar-refractivity contribution in [3.63, 3.8) is 0 Å². The minimum atomic E-state index is -0.265. The largest absolute Gasteiger partial charge is 0.461 e. The lowest BCUT2D eigenvalue weighted by molar-refractivity contribution is 0.0512. The first-order chi connectivity index (χ1) is 7.74. The molecule has 88 valence electrons. The molecule has 1 heterocycles. The summed E-state index contributed by atoms with van der Waals surface area (Å²) in [5.41, 5.74) is 1.60. The van der Waals surface area contributed by atoms with Crippen molar-refractivity contribution in [1.82, 2.24) is 9.78 Å². The Bertz CT molecular complexity index is 380. The van der Waals surface area contributed by atoms with E-state index in [1.807, 2.05) is 19.9 Å². The van der Waals surface area contributed by atoms with Crippen LogP contribution < -0.4 is 0 Å². The first-order valence-corrected chi connectivity index (χ1v) is 5.98. The van der Waals surface area contributed by atoms with Crippen molar-refractivity contribution in [2.24, 2.45) is 5.92 Å². The van der Waals surface area contributed by atoms with E-state index in [0.717, 1.165) is 18.0 Å². The van der Waals surface area contributed by atoms with Crippen LogP contribution in [0.3, 0.4) is 0 Å². The van der Waals surface area contributed by atoms with Crippen molar-refractivity contribution >= 4 is 5.97 Å². The Hall–Kier alpha value is -1.32. The molecule has 0 aliphatic heterocycles. The Morgan fingerprint density at radius 1 is 1.56 bits per heavy atom. The Labute approximate surface area is 95.6 Å². The third kappa shape index (κ3) is 2.43. The van der Waals surface area contributed by atoms with Crippen molar-refractivity contribution in [2.75, 3.05) is 6.61 Å². The van der Waals surface area contributed by atoms with Gasteiger partial charge in [0.1, 0.15) is 5.69 Å². The predicted molar refractivity (Wildman–Crippen MR) is 60.3 cm³/mol. The second-order valence-corrected chi connectivity index (χ2v) is 4.20. The van der Waals surface area contributed by atoms with Crippen LogP contribution in [-0.2, 0) is 17.7 Å². The van der Waals surface area contributed by atoms with E-state index in [1.165, 1.54) is 12.8 Å². The van der Waals surface area contributed by atoms with Gasteiger partial charge in [-0.1, -0.05) is 0 Å². The zero-order valence-corrected chi connectivity index (χ0v) is 9.90. The number of nitrogens with zero attached hydrogens (tertiary/aromatic N) is 2. The highest BCUT2D eigenvalue weighted by molar-refractivity contribution is 5.87. The minimum absolute atomic E-state index is 0.265. The number of aromatic nitrogens is 2. The number of hydrogen-bond acceptors (Lipinski definition) is 3. The van der Waals surface area contributed by atoms with Crippen LogP contribution in [0.15, 0.2) is 6.07 Å². The van der Waals surface area contributed by atoms with Crippen LogP contribution in [0.5, 0.6) is 0 Å². The number of ether oxygens (including phenoxy) is 1. The van der Waals surface area contributed by atoms with Gasteiger partial charge < -0.3 is 4.74 Å². The molecule has 0 atom stereocenters. The molecule has 1 aromatic rings. The lowest BCUT2D eigenvalue weighted by Crippen LogP contribution is -2.12. The first-order valence-electron chi connectivity index (χ1n) is 5.98. The summed E-state index contributed by atoms with van der Waals surface area (Å²) >= 11 is 0. The summed E-state index contributed by atoms with van der Waals surface area (Å²) in [6.07, 6.45) is 3.60. The van der Waals surface area contributed by atoms with Crippen molar-refractivity contribution in [3.05, 3.63) is 17.5 Å². The fourth-order valence-electron chi connectivity index (χ4n) is 1.80. The molecule has 0 bridgehead atoms. The molecule has 1 aliphatic carbocycles. The Kier molecular flexibility index (Phi) is 3.27. The Morgan fingerprint density at radius 3 is 2.88 bits per heavy atom. The average Bonchev–Trinajstić information content (AvgIpc) is 2.96. The van der Waals surface area contributed by atoms with Gasteiger partial charge in [0.25, 0.3) is 0 Å². The highest BCUT2D eigenvalue weighted by atomic mass is 16.5. The summed E-state index contributed by atoms with van der Waals surface area (Å²) < 4.78 is 6.74. The zero-order chi connectivity index (χ0) is 11.5. The van der Waals surface area contributed by atoms with E-state index >= 15 is 0 Å². The molecule has 1 fully saturated rings. The van der Waals surface area contributed by atoms with Gasteiger partial charge in [0.15, 0.2) is 0 Å². The summed E-state index contributed by atoms with van der Waals surface area (Å²) in [5.74, 6) is 0.522. The number of esters is 1. The van der Waals surface area contributed by atoms with Crippen molar-refractivity contribution in [3.8, 4) is 0 Å². The third-order valence-electron chi connectivity index (χ3n) is 2.81. The molecular formula is C12H18N2O2. The van der Waals surface area contributed by atoms with Gasteiger partial charge in [-0.05, 0) is 45.1 Å². The number of rotatable bonds is 5. The molecule has 0 saturated heterocycles. The first kappa shape index (κ1) is 11.2. The summed E-state index contributed by atoms with van der Waals surface area (Å²) in [6.45, 7) is 4.91. The maximum absolute atomic E-state index is 11.7. The predicted octanol–water partition coefficient (Wildman–Crippen LogP) is 2.03. The molecule has 0 amide bonds. The normalized spacial score (nSPS) is 15.1. The van der Waals surface area contributed by atoms with Gasteiger partial charge in [-0.15, -0.1) is 0 Å². The minimum Gasteiger partial charge on any atom is -0.461 e. The van der Waals surface area contributed by atoms with Crippen LogP contribution in [0, 0.1) is 5.92 Å². The summed E-state index contributed by atoms with van der Waals surface area (Å²) in [5, 5.41) is 4.43. The smallest absolute Gasteiger partial charge is 0.356 e. The van der Waals surface area contributed by atoms with Crippen LogP contribution in [0.1, 0.15) is 42.9 Å². The van der Waals surface area contributed by atoms with E-state index < -0.39 is 0 Å². The second kappa shape index (κ2) is 4.68. The number of carbonyl (C=O) groups excluding carboxylic acids is 1. The number of carbonyl (C=O) groups is 1. The van der Waals surface area contributed by atoms with Gasteiger partial charge in [0.05, 0.1) is 12.3 Å². The quantitative estimate of drug-likeness (QED) is 0.716. The average molecular weight is 222 g/mol. The highest BCUT2D eigenvalue weighted by Crippen LogP contribution is 2.32. The van der Waals surface area contributed by atoms with Crippen LogP contribution in [0.25, 0.3) is 0 Å². The van der Waals surface area contributed by atoms with Crippen molar-refractivity contribution < 1.29 is 9.53 Å². The molecular weight excluding hydrogens is 204 g/mol. The van der Waals surface area contributed by atoms with Gasteiger partial charge >= 0.3 is 5.97 Å². The Morgan fingerprint density at radius 2 is 2.31 bits per heavy atom. The standard InChI is InChI=1S/C12H18N2O2/c1-3-14-11(12(15)16-4-2)8-10(13-14)7-9-5-6-9/h8-9H,3-7H2,1-2H3. The summed E-state index contributed by atoms with van der Waals surface area (Å²) in [4.78, 5) is 11.7. The fraction of sp³-hybridized carbons (Fsp3) is 0.667. The second-order valence-electron chi connectivity index (χ2n) is 4.20. The molecule has 0 unspecified atom stereocenters. The molecule has 2 rings (SSSR count). The van der Waals surface area contributed by atoms with E-state index in [-0.39, 0.29) is 5.97 Å². The zero-order valence-electron chi connectivity index (χ0n) is 9.90. The molecule has 4 nitrogen and oxygen atoms in total. The monoisotopic (exact) mass is 222 g/mol. The molecule has 1 aliphatic rings. The molecule has 1 saturated carbocycles. The van der Waals surface area contributed by atoms with Crippen LogP contribution in [0.2, 0.25) is 0 Å². The highest BCUT2D eigenvalue weighted by Gasteiger charge is 2.24. The number of hydrogen-bond donors (Lipinski definition) is 0. The fourth-order valence-corrected chi connectivity index (χ4v) is 1.80. The van der Waals surface area contributed by atoms with E-state index in [9.17, 15) is 4.79 Å². The van der Waals surface area contributed by atoms with Crippen LogP contribution in [0.4, 0.5) is 0 Å². The van der Waals surface area contributed by atoms with Crippen LogP contribution >= 0.6 is 0 Å². The van der Waals surface area contributed by atoms with Gasteiger partial charge in [-0.3, -0.25) is 4.68 Å². The van der Waals surface area contributed by atoms with Gasteiger partial charge in [-0.2, -0.15) is 5.10 Å². The number of aryl methyl sites for hydroxylation is 1. The SMILES string of the molecule is CCOC(=O)c1cc(CC2CC2)nn1CC. The molecule has 0 N–H and O–H groups in total. The van der Waals surface area contributed by atoms with E-state index in [0.29, 0.717) is 18.8 Å². The van der Waals surface area contributed by atoms with E-state index in [2.05, 4.69) is 5.10 Å². The molecule has 1 aromatic heterocycles.